The SMILES string of the molecule is Fc1ccc(Cl)cc1CCNCBr. The molecule has 0 saturated heterocycles. The summed E-state index contributed by atoms with van der Waals surface area (Å²) in [5.41, 5.74) is 1.37. The van der Waals surface area contributed by atoms with Crippen molar-refractivity contribution in [2.75, 3.05) is 12.0 Å². The highest BCUT2D eigenvalue weighted by Gasteiger charge is 2.01. The van der Waals surface area contributed by atoms with Crippen LogP contribution in [0.2, 0.25) is 5.02 Å². The van der Waals surface area contributed by atoms with E-state index < -0.39 is 0 Å². The van der Waals surface area contributed by atoms with Gasteiger partial charge >= 0.3 is 0 Å². The van der Waals surface area contributed by atoms with Gasteiger partial charge in [0.05, 0.1) is 5.45 Å². The molecule has 0 aliphatic heterocycles. The van der Waals surface area contributed by atoms with E-state index in [4.69, 9.17) is 11.6 Å². The quantitative estimate of drug-likeness (QED) is 0.502. The number of rotatable bonds is 4. The molecule has 1 N–H and O–H groups in total. The maximum absolute atomic E-state index is 13.1. The summed E-state index contributed by atoms with van der Waals surface area (Å²) < 4.78 is 13.1. The summed E-state index contributed by atoms with van der Waals surface area (Å²) in [5.74, 6) is -0.194. The molecule has 1 rings (SSSR count). The predicted octanol–water partition coefficient (Wildman–Crippen LogP) is 2.96. The van der Waals surface area contributed by atoms with Crippen LogP contribution in [0.4, 0.5) is 4.39 Å². The van der Waals surface area contributed by atoms with Crippen molar-refractivity contribution in [2.24, 2.45) is 0 Å². The number of alkyl halides is 1. The van der Waals surface area contributed by atoms with Crippen molar-refractivity contribution in [3.63, 3.8) is 0 Å². The third-order valence-electron chi connectivity index (χ3n) is 1.67. The average Bonchev–Trinajstić information content (AvgIpc) is 2.11. The van der Waals surface area contributed by atoms with Crippen LogP contribution in [-0.2, 0) is 6.42 Å². The average molecular weight is 267 g/mol. The van der Waals surface area contributed by atoms with E-state index in [1.54, 1.807) is 12.1 Å². The Morgan fingerprint density at radius 1 is 1.46 bits per heavy atom. The van der Waals surface area contributed by atoms with E-state index in [1.165, 1.54) is 6.07 Å². The first-order valence-electron chi connectivity index (χ1n) is 3.94. The van der Waals surface area contributed by atoms with Crippen molar-refractivity contribution in [1.82, 2.24) is 5.32 Å². The molecular formula is C9H10BrClFN. The fourth-order valence-electron chi connectivity index (χ4n) is 1.02. The molecule has 1 aromatic carbocycles. The van der Waals surface area contributed by atoms with Crippen LogP contribution in [0.5, 0.6) is 0 Å². The molecule has 4 heteroatoms. The van der Waals surface area contributed by atoms with E-state index in [0.717, 1.165) is 12.0 Å². The topological polar surface area (TPSA) is 12.0 Å². The van der Waals surface area contributed by atoms with Crippen molar-refractivity contribution >= 4 is 27.5 Å². The van der Waals surface area contributed by atoms with Gasteiger partial charge in [0.25, 0.3) is 0 Å². The lowest BCUT2D eigenvalue weighted by atomic mass is 10.1. The summed E-state index contributed by atoms with van der Waals surface area (Å²) in [6.07, 6.45) is 0.651. The van der Waals surface area contributed by atoms with Crippen LogP contribution in [0.1, 0.15) is 5.56 Å². The number of halogens is 3. The summed E-state index contributed by atoms with van der Waals surface area (Å²) >= 11 is 8.96. The van der Waals surface area contributed by atoms with Crippen molar-refractivity contribution in [3.05, 3.63) is 34.6 Å². The normalized spacial score (nSPS) is 10.4. The third kappa shape index (κ3) is 3.63. The van der Waals surface area contributed by atoms with Gasteiger partial charge in [0.15, 0.2) is 0 Å². The number of hydrogen-bond donors (Lipinski definition) is 1. The minimum atomic E-state index is -0.194. The van der Waals surface area contributed by atoms with Crippen molar-refractivity contribution in [2.45, 2.75) is 6.42 Å². The van der Waals surface area contributed by atoms with E-state index in [1.807, 2.05) is 0 Å². The number of benzene rings is 1. The van der Waals surface area contributed by atoms with Gasteiger partial charge in [0.1, 0.15) is 5.82 Å². The molecule has 0 radical (unpaired) electrons. The molecule has 0 aliphatic carbocycles. The van der Waals surface area contributed by atoms with Crippen molar-refractivity contribution in [3.8, 4) is 0 Å². The molecule has 0 spiro atoms. The largest absolute Gasteiger partial charge is 0.307 e. The molecule has 13 heavy (non-hydrogen) atoms. The smallest absolute Gasteiger partial charge is 0.126 e. The lowest BCUT2D eigenvalue weighted by Gasteiger charge is -2.03. The highest BCUT2D eigenvalue weighted by Crippen LogP contribution is 2.14. The van der Waals surface area contributed by atoms with E-state index in [9.17, 15) is 4.39 Å². The van der Waals surface area contributed by atoms with Gasteiger partial charge in [-0.2, -0.15) is 0 Å². The molecule has 0 fully saturated rings. The lowest BCUT2D eigenvalue weighted by Crippen LogP contribution is -2.15. The Bertz CT molecular complexity index is 280. The van der Waals surface area contributed by atoms with Crippen LogP contribution in [-0.4, -0.2) is 12.0 Å². The Kier molecular flexibility index (Phi) is 4.70. The fourth-order valence-corrected chi connectivity index (χ4v) is 1.50. The molecule has 0 aliphatic rings. The predicted molar refractivity (Wildman–Crippen MR) is 56.9 cm³/mol. The summed E-state index contributed by atoms with van der Waals surface area (Å²) in [6.45, 7) is 0.739. The Labute approximate surface area is 90.4 Å². The highest BCUT2D eigenvalue weighted by atomic mass is 79.9. The minimum Gasteiger partial charge on any atom is -0.307 e. The molecule has 0 saturated carbocycles. The maximum atomic E-state index is 13.1. The molecule has 0 atom stereocenters. The summed E-state index contributed by atoms with van der Waals surface area (Å²) in [7, 11) is 0. The third-order valence-corrected chi connectivity index (χ3v) is 2.30. The summed E-state index contributed by atoms with van der Waals surface area (Å²) in [4.78, 5) is 0. The van der Waals surface area contributed by atoms with Gasteiger partial charge < -0.3 is 5.32 Å². The van der Waals surface area contributed by atoms with Crippen LogP contribution in [0.25, 0.3) is 0 Å². The molecular weight excluding hydrogens is 256 g/mol. The molecule has 0 amide bonds. The zero-order chi connectivity index (χ0) is 9.68. The van der Waals surface area contributed by atoms with Crippen LogP contribution in [0.3, 0.4) is 0 Å². The Balaban J connectivity index is 2.59. The van der Waals surface area contributed by atoms with Gasteiger partial charge in [-0.05, 0) is 30.2 Å². The van der Waals surface area contributed by atoms with E-state index in [-0.39, 0.29) is 5.82 Å². The Morgan fingerprint density at radius 2 is 2.23 bits per heavy atom. The van der Waals surface area contributed by atoms with Gasteiger partial charge in [0.2, 0.25) is 0 Å². The molecule has 1 nitrogen and oxygen atoms in total. The Hall–Kier alpha value is -0.120. The van der Waals surface area contributed by atoms with Gasteiger partial charge in [-0.3, -0.25) is 0 Å². The highest BCUT2D eigenvalue weighted by molar-refractivity contribution is 9.09. The summed E-state index contributed by atoms with van der Waals surface area (Å²) in [5, 5.41) is 3.63. The molecule has 0 bridgehead atoms. The standard InChI is InChI=1S/C9H10BrClFN/c10-6-13-4-3-7-5-8(11)1-2-9(7)12/h1-2,5,13H,3-4,6H2. The van der Waals surface area contributed by atoms with E-state index in [2.05, 4.69) is 21.2 Å². The van der Waals surface area contributed by atoms with Gasteiger partial charge in [-0.1, -0.05) is 27.5 Å². The van der Waals surface area contributed by atoms with Gasteiger partial charge in [-0.25, -0.2) is 4.39 Å². The van der Waals surface area contributed by atoms with Crippen molar-refractivity contribution < 1.29 is 4.39 Å². The molecule has 0 unspecified atom stereocenters. The van der Waals surface area contributed by atoms with Gasteiger partial charge in [-0.15, -0.1) is 0 Å². The first-order valence-corrected chi connectivity index (χ1v) is 5.44. The molecule has 0 heterocycles. The molecule has 72 valence electrons. The number of nitrogens with one attached hydrogen (secondary N) is 1. The second-order valence-electron chi connectivity index (χ2n) is 2.62. The fraction of sp³-hybridized carbons (Fsp3) is 0.333. The van der Waals surface area contributed by atoms with Crippen LogP contribution in [0, 0.1) is 5.82 Å². The minimum absolute atomic E-state index is 0.194. The van der Waals surface area contributed by atoms with Crippen LogP contribution < -0.4 is 5.32 Å². The summed E-state index contributed by atoms with van der Waals surface area (Å²) in [6, 6.07) is 4.61. The number of hydrogen-bond acceptors (Lipinski definition) is 1. The zero-order valence-corrected chi connectivity index (χ0v) is 9.33. The Morgan fingerprint density at radius 3 is 2.92 bits per heavy atom. The molecule has 0 aromatic heterocycles. The lowest BCUT2D eigenvalue weighted by molar-refractivity contribution is 0.604. The maximum Gasteiger partial charge on any atom is 0.126 e. The second-order valence-corrected chi connectivity index (χ2v) is 3.62. The zero-order valence-electron chi connectivity index (χ0n) is 6.99. The van der Waals surface area contributed by atoms with E-state index in [0.29, 0.717) is 17.0 Å². The van der Waals surface area contributed by atoms with Crippen LogP contribution in [0.15, 0.2) is 18.2 Å². The second kappa shape index (κ2) is 5.58. The monoisotopic (exact) mass is 265 g/mol. The van der Waals surface area contributed by atoms with E-state index >= 15 is 0 Å². The van der Waals surface area contributed by atoms with Crippen LogP contribution >= 0.6 is 27.5 Å². The first kappa shape index (κ1) is 11.0. The van der Waals surface area contributed by atoms with Gasteiger partial charge in [0, 0.05) is 11.6 Å². The molecule has 1 aromatic rings. The van der Waals surface area contributed by atoms with Crippen molar-refractivity contribution in [1.29, 1.82) is 0 Å². The first-order chi connectivity index (χ1) is 6.24.